The van der Waals surface area contributed by atoms with Gasteiger partial charge in [-0.1, -0.05) is 78.9 Å². The van der Waals surface area contributed by atoms with Crippen molar-refractivity contribution in [2.24, 2.45) is 0 Å². The molecule has 3 aromatic carbocycles. The summed E-state index contributed by atoms with van der Waals surface area (Å²) >= 11 is 0. The Kier molecular flexibility index (Phi) is 4.35. The molecular formula is C23H18N2O. The summed E-state index contributed by atoms with van der Waals surface area (Å²) in [5.41, 5.74) is 4.92. The number of pyridine rings is 1. The Morgan fingerprint density at radius 2 is 1.19 bits per heavy atom. The average molecular weight is 338 g/mol. The SMILES string of the molecule is O=c1[nH]c(-c2ccccc2)cc(-c2ccccc2)c1Nc1ccccc1. The van der Waals surface area contributed by atoms with Crippen LogP contribution >= 0.6 is 0 Å². The molecule has 3 nitrogen and oxygen atoms in total. The van der Waals surface area contributed by atoms with Crippen molar-refractivity contribution in [1.29, 1.82) is 0 Å². The highest BCUT2D eigenvalue weighted by Crippen LogP contribution is 2.30. The minimum Gasteiger partial charge on any atom is -0.351 e. The molecule has 0 bridgehead atoms. The molecule has 1 heterocycles. The van der Waals surface area contributed by atoms with Crippen molar-refractivity contribution in [2.75, 3.05) is 5.32 Å². The van der Waals surface area contributed by atoms with Crippen molar-refractivity contribution in [3.05, 3.63) is 107 Å². The minimum atomic E-state index is -0.144. The summed E-state index contributed by atoms with van der Waals surface area (Å²) < 4.78 is 0. The predicted molar refractivity (Wildman–Crippen MR) is 108 cm³/mol. The van der Waals surface area contributed by atoms with E-state index in [-0.39, 0.29) is 5.56 Å². The molecular weight excluding hydrogens is 320 g/mol. The van der Waals surface area contributed by atoms with Crippen LogP contribution in [0.15, 0.2) is 102 Å². The summed E-state index contributed by atoms with van der Waals surface area (Å²) in [6, 6.07) is 31.6. The molecule has 0 saturated heterocycles. The van der Waals surface area contributed by atoms with E-state index in [9.17, 15) is 4.79 Å². The first-order valence-electron chi connectivity index (χ1n) is 8.51. The lowest BCUT2D eigenvalue weighted by Crippen LogP contribution is -2.14. The predicted octanol–water partition coefficient (Wildman–Crippen LogP) is 5.45. The van der Waals surface area contributed by atoms with Crippen molar-refractivity contribution in [2.45, 2.75) is 0 Å². The zero-order valence-corrected chi connectivity index (χ0v) is 14.1. The van der Waals surface area contributed by atoms with Crippen molar-refractivity contribution >= 4 is 11.4 Å². The summed E-state index contributed by atoms with van der Waals surface area (Å²) in [4.78, 5) is 15.9. The quantitative estimate of drug-likeness (QED) is 0.519. The van der Waals surface area contributed by atoms with Crippen LogP contribution in [0.3, 0.4) is 0 Å². The summed E-state index contributed by atoms with van der Waals surface area (Å²) in [7, 11) is 0. The van der Waals surface area contributed by atoms with Gasteiger partial charge in [0, 0.05) is 16.9 Å². The van der Waals surface area contributed by atoms with Gasteiger partial charge in [0.05, 0.1) is 0 Å². The van der Waals surface area contributed by atoms with E-state index < -0.39 is 0 Å². The van der Waals surface area contributed by atoms with Gasteiger partial charge in [-0.2, -0.15) is 0 Å². The Bertz CT molecular complexity index is 1060. The van der Waals surface area contributed by atoms with E-state index in [1.807, 2.05) is 97.1 Å². The Balaban J connectivity index is 1.89. The van der Waals surface area contributed by atoms with Crippen molar-refractivity contribution in [1.82, 2.24) is 4.98 Å². The molecule has 0 unspecified atom stereocenters. The lowest BCUT2D eigenvalue weighted by Gasteiger charge is -2.14. The molecule has 2 N–H and O–H groups in total. The van der Waals surface area contributed by atoms with Gasteiger partial charge in [0.2, 0.25) is 0 Å². The number of nitrogens with one attached hydrogen (secondary N) is 2. The van der Waals surface area contributed by atoms with E-state index in [0.29, 0.717) is 5.69 Å². The van der Waals surface area contributed by atoms with Crippen LogP contribution in [0.1, 0.15) is 0 Å². The summed E-state index contributed by atoms with van der Waals surface area (Å²) in [5.74, 6) is 0. The number of hydrogen-bond acceptors (Lipinski definition) is 2. The second kappa shape index (κ2) is 7.11. The summed E-state index contributed by atoms with van der Waals surface area (Å²) in [6.07, 6.45) is 0. The molecule has 0 aliphatic carbocycles. The molecule has 0 radical (unpaired) electrons. The first-order valence-corrected chi connectivity index (χ1v) is 8.51. The topological polar surface area (TPSA) is 44.9 Å². The second-order valence-electron chi connectivity index (χ2n) is 6.02. The van der Waals surface area contributed by atoms with Crippen molar-refractivity contribution in [3.63, 3.8) is 0 Å². The second-order valence-corrected chi connectivity index (χ2v) is 6.02. The highest BCUT2D eigenvalue weighted by atomic mass is 16.1. The molecule has 0 saturated carbocycles. The van der Waals surface area contributed by atoms with E-state index in [2.05, 4.69) is 10.3 Å². The van der Waals surface area contributed by atoms with E-state index in [1.165, 1.54) is 0 Å². The monoisotopic (exact) mass is 338 g/mol. The maximum absolute atomic E-state index is 12.9. The van der Waals surface area contributed by atoms with Gasteiger partial charge >= 0.3 is 0 Å². The maximum Gasteiger partial charge on any atom is 0.272 e. The fourth-order valence-electron chi connectivity index (χ4n) is 2.97. The van der Waals surface area contributed by atoms with Crippen molar-refractivity contribution in [3.8, 4) is 22.4 Å². The Morgan fingerprint density at radius 1 is 0.654 bits per heavy atom. The van der Waals surface area contributed by atoms with E-state index in [0.717, 1.165) is 28.1 Å². The number of anilines is 2. The van der Waals surface area contributed by atoms with E-state index in [4.69, 9.17) is 0 Å². The molecule has 0 amide bonds. The molecule has 4 aromatic rings. The fourth-order valence-corrected chi connectivity index (χ4v) is 2.97. The number of aromatic amines is 1. The van der Waals surface area contributed by atoms with Crippen molar-refractivity contribution < 1.29 is 0 Å². The van der Waals surface area contributed by atoms with Gasteiger partial charge in [-0.15, -0.1) is 0 Å². The summed E-state index contributed by atoms with van der Waals surface area (Å²) in [5, 5.41) is 3.27. The molecule has 3 heteroatoms. The van der Waals surface area contributed by atoms with Crippen LogP contribution in [-0.4, -0.2) is 4.98 Å². The minimum absolute atomic E-state index is 0.144. The zero-order chi connectivity index (χ0) is 17.8. The van der Waals surface area contributed by atoms with Crippen LogP contribution in [0, 0.1) is 0 Å². The number of hydrogen-bond donors (Lipinski definition) is 2. The molecule has 26 heavy (non-hydrogen) atoms. The van der Waals surface area contributed by atoms with Gasteiger partial charge in [0.1, 0.15) is 5.69 Å². The average Bonchev–Trinajstić information content (AvgIpc) is 2.71. The van der Waals surface area contributed by atoms with Crippen LogP contribution in [0.4, 0.5) is 11.4 Å². The molecule has 126 valence electrons. The van der Waals surface area contributed by atoms with Crippen LogP contribution < -0.4 is 10.9 Å². The smallest absolute Gasteiger partial charge is 0.272 e. The highest BCUT2D eigenvalue weighted by molar-refractivity contribution is 5.83. The molecule has 0 aliphatic heterocycles. The lowest BCUT2D eigenvalue weighted by atomic mass is 10.0. The third-order valence-corrected chi connectivity index (χ3v) is 4.25. The highest BCUT2D eigenvalue weighted by Gasteiger charge is 2.13. The van der Waals surface area contributed by atoms with Gasteiger partial charge in [0.25, 0.3) is 5.56 Å². The van der Waals surface area contributed by atoms with Crippen LogP contribution in [-0.2, 0) is 0 Å². The number of aromatic nitrogens is 1. The van der Waals surface area contributed by atoms with Gasteiger partial charge in [-0.25, -0.2) is 0 Å². The molecule has 0 fully saturated rings. The normalized spacial score (nSPS) is 10.5. The third-order valence-electron chi connectivity index (χ3n) is 4.25. The molecule has 0 aliphatic rings. The van der Waals surface area contributed by atoms with Crippen LogP contribution in [0.25, 0.3) is 22.4 Å². The van der Waals surface area contributed by atoms with Gasteiger partial charge < -0.3 is 10.3 Å². The van der Waals surface area contributed by atoms with Crippen LogP contribution in [0.5, 0.6) is 0 Å². The van der Waals surface area contributed by atoms with Gasteiger partial charge in [-0.3, -0.25) is 4.79 Å². The zero-order valence-electron chi connectivity index (χ0n) is 14.1. The first kappa shape index (κ1) is 15.9. The van der Waals surface area contributed by atoms with Gasteiger partial charge in [-0.05, 0) is 29.3 Å². The number of benzene rings is 3. The fraction of sp³-hybridized carbons (Fsp3) is 0. The summed E-state index contributed by atoms with van der Waals surface area (Å²) in [6.45, 7) is 0. The largest absolute Gasteiger partial charge is 0.351 e. The van der Waals surface area contributed by atoms with Gasteiger partial charge in [0.15, 0.2) is 0 Å². The molecule has 0 atom stereocenters. The third kappa shape index (κ3) is 3.28. The Labute approximate surface area is 152 Å². The lowest BCUT2D eigenvalue weighted by molar-refractivity contribution is 1.24. The number of para-hydroxylation sites is 1. The molecule has 0 spiro atoms. The Morgan fingerprint density at radius 3 is 1.81 bits per heavy atom. The number of rotatable bonds is 4. The Hall–Kier alpha value is -3.59. The van der Waals surface area contributed by atoms with Crippen LogP contribution in [0.2, 0.25) is 0 Å². The number of H-pyrrole nitrogens is 1. The van der Waals surface area contributed by atoms with E-state index in [1.54, 1.807) is 0 Å². The maximum atomic E-state index is 12.9. The standard InChI is InChI=1S/C23H18N2O/c26-23-22(24-19-14-8-3-9-15-19)20(17-10-4-1-5-11-17)16-21(25-23)18-12-6-2-7-13-18/h1-16,24H,(H,25,26). The first-order chi connectivity index (χ1) is 12.8. The molecule has 4 rings (SSSR count). The van der Waals surface area contributed by atoms with E-state index >= 15 is 0 Å². The molecule has 1 aromatic heterocycles.